The minimum absolute atomic E-state index is 0.0275. The predicted octanol–water partition coefficient (Wildman–Crippen LogP) is 1.26. The van der Waals surface area contributed by atoms with E-state index in [1.54, 1.807) is 6.20 Å². The normalized spacial score (nSPS) is 33.9. The Bertz CT molecular complexity index is 568. The van der Waals surface area contributed by atoms with Crippen LogP contribution in [0.4, 0.5) is 5.82 Å². The van der Waals surface area contributed by atoms with Crippen LogP contribution in [-0.4, -0.2) is 28.4 Å². The molecule has 0 unspecified atom stereocenters. The molecule has 102 valence electrons. The van der Waals surface area contributed by atoms with Crippen LogP contribution in [-0.2, 0) is 9.59 Å². The number of nitrogens with zero attached hydrogens (tertiary/aromatic N) is 2. The summed E-state index contributed by atoms with van der Waals surface area (Å²) in [6.45, 7) is 0.209. The molecule has 20 heavy (non-hydrogen) atoms. The summed E-state index contributed by atoms with van der Waals surface area (Å²) in [6, 6.07) is 5.50. The number of anilines is 1. The summed E-state index contributed by atoms with van der Waals surface area (Å²) in [6.07, 6.45) is 6.85. The van der Waals surface area contributed by atoms with Gasteiger partial charge >= 0.3 is 0 Å². The number of pyridine rings is 1. The number of hydrogen-bond donors (Lipinski definition) is 1. The minimum Gasteiger partial charge on any atom is -0.352 e. The molecule has 1 aliphatic heterocycles. The van der Waals surface area contributed by atoms with Crippen LogP contribution in [0.15, 0.2) is 36.5 Å². The van der Waals surface area contributed by atoms with Gasteiger partial charge in [0.1, 0.15) is 5.82 Å². The lowest BCUT2D eigenvalue weighted by atomic mass is 9.85. The first-order valence-corrected chi connectivity index (χ1v) is 6.94. The molecule has 3 aliphatic rings. The third-order valence-electron chi connectivity index (χ3n) is 4.64. The molecule has 1 saturated heterocycles. The van der Waals surface area contributed by atoms with Gasteiger partial charge in [-0.15, -0.1) is 0 Å². The number of amides is 2. The molecule has 2 fully saturated rings. The average molecular weight is 269 g/mol. The molecule has 0 aromatic carbocycles. The first-order chi connectivity index (χ1) is 9.75. The summed E-state index contributed by atoms with van der Waals surface area (Å²) in [7, 11) is 0. The van der Waals surface area contributed by atoms with E-state index in [1.807, 2.05) is 18.2 Å². The minimum atomic E-state index is -0.122. The third-order valence-corrected chi connectivity index (χ3v) is 4.64. The maximum absolute atomic E-state index is 12.4. The molecule has 0 spiro atoms. The Morgan fingerprint density at radius 3 is 2.45 bits per heavy atom. The lowest BCUT2D eigenvalue weighted by molar-refractivity contribution is -0.140. The summed E-state index contributed by atoms with van der Waals surface area (Å²) < 4.78 is 0. The Hall–Kier alpha value is -2.17. The van der Waals surface area contributed by atoms with Crippen LogP contribution in [0.3, 0.4) is 0 Å². The van der Waals surface area contributed by atoms with E-state index in [-0.39, 0.29) is 42.2 Å². The molecule has 2 bridgehead atoms. The van der Waals surface area contributed by atoms with Gasteiger partial charge in [-0.3, -0.25) is 14.5 Å². The number of fused-ring (bicyclic) bond motifs is 5. The van der Waals surface area contributed by atoms with Gasteiger partial charge in [0.15, 0.2) is 0 Å². The highest BCUT2D eigenvalue weighted by atomic mass is 16.2. The van der Waals surface area contributed by atoms with Crippen molar-refractivity contribution in [2.75, 3.05) is 12.0 Å². The second-order valence-corrected chi connectivity index (χ2v) is 5.65. The van der Waals surface area contributed by atoms with Gasteiger partial charge in [-0.1, -0.05) is 18.2 Å². The molecule has 1 aromatic rings. The molecule has 2 amide bonds. The second kappa shape index (κ2) is 4.16. The average Bonchev–Trinajstić information content (AvgIpc) is 3.13. The largest absolute Gasteiger partial charge is 0.352 e. The zero-order valence-corrected chi connectivity index (χ0v) is 10.9. The predicted molar refractivity (Wildman–Crippen MR) is 72.3 cm³/mol. The molecule has 4 atom stereocenters. The molecular formula is C15H15N3O2. The van der Waals surface area contributed by atoms with E-state index in [4.69, 9.17) is 0 Å². The van der Waals surface area contributed by atoms with Gasteiger partial charge < -0.3 is 5.32 Å². The fourth-order valence-corrected chi connectivity index (χ4v) is 3.75. The Morgan fingerprint density at radius 1 is 1.15 bits per heavy atom. The van der Waals surface area contributed by atoms with E-state index in [2.05, 4.69) is 22.5 Å². The Labute approximate surface area is 116 Å². The lowest BCUT2D eigenvalue weighted by Gasteiger charge is -2.17. The van der Waals surface area contributed by atoms with Crippen LogP contribution >= 0.6 is 0 Å². The number of nitrogens with one attached hydrogen (secondary N) is 1. The van der Waals surface area contributed by atoms with Crippen molar-refractivity contribution < 1.29 is 9.59 Å². The second-order valence-electron chi connectivity index (χ2n) is 5.65. The fourth-order valence-electron chi connectivity index (χ4n) is 3.75. The number of likely N-dealkylation sites (tertiary alicyclic amines) is 1. The topological polar surface area (TPSA) is 62.3 Å². The Kier molecular flexibility index (Phi) is 2.42. The molecule has 2 aliphatic carbocycles. The van der Waals surface area contributed by atoms with Crippen LogP contribution in [0.2, 0.25) is 0 Å². The lowest BCUT2D eigenvalue weighted by Crippen LogP contribution is -2.37. The molecule has 4 rings (SSSR count). The van der Waals surface area contributed by atoms with E-state index >= 15 is 0 Å². The Balaban J connectivity index is 1.51. The summed E-state index contributed by atoms with van der Waals surface area (Å²) >= 11 is 0. The van der Waals surface area contributed by atoms with Crippen molar-refractivity contribution in [3.05, 3.63) is 36.5 Å². The summed E-state index contributed by atoms with van der Waals surface area (Å²) in [5.74, 6) is 0.903. The van der Waals surface area contributed by atoms with Gasteiger partial charge in [-0.05, 0) is 30.4 Å². The van der Waals surface area contributed by atoms with Gasteiger partial charge in [-0.25, -0.2) is 4.98 Å². The zero-order chi connectivity index (χ0) is 13.7. The van der Waals surface area contributed by atoms with E-state index in [1.165, 1.54) is 4.90 Å². The number of carbonyl (C=O) groups is 2. The molecular weight excluding hydrogens is 254 g/mol. The van der Waals surface area contributed by atoms with E-state index in [0.717, 1.165) is 6.42 Å². The van der Waals surface area contributed by atoms with Gasteiger partial charge in [0.25, 0.3) is 0 Å². The molecule has 0 radical (unpaired) electrons. The molecule has 1 aromatic heterocycles. The number of rotatable bonds is 3. The van der Waals surface area contributed by atoms with Crippen LogP contribution in [0.25, 0.3) is 0 Å². The highest BCUT2D eigenvalue weighted by Crippen LogP contribution is 2.52. The van der Waals surface area contributed by atoms with Crippen molar-refractivity contribution in [1.82, 2.24) is 9.88 Å². The van der Waals surface area contributed by atoms with Crippen LogP contribution < -0.4 is 5.32 Å². The van der Waals surface area contributed by atoms with Crippen molar-refractivity contribution in [2.45, 2.75) is 6.42 Å². The highest BCUT2D eigenvalue weighted by Gasteiger charge is 2.59. The SMILES string of the molecule is O=C1[C@@H]2[C@H](C(=O)N1CNc1ccccn1)[C@H]1C=C[C@H]2C1. The first kappa shape index (κ1) is 11.6. The van der Waals surface area contributed by atoms with Crippen LogP contribution in [0.5, 0.6) is 0 Å². The molecule has 1 N–H and O–H groups in total. The van der Waals surface area contributed by atoms with E-state index < -0.39 is 0 Å². The maximum Gasteiger partial charge on any atom is 0.235 e. The van der Waals surface area contributed by atoms with Crippen molar-refractivity contribution in [3.8, 4) is 0 Å². The number of imide groups is 1. The van der Waals surface area contributed by atoms with Gasteiger partial charge in [0.2, 0.25) is 11.8 Å². The quantitative estimate of drug-likeness (QED) is 0.663. The maximum atomic E-state index is 12.4. The van der Waals surface area contributed by atoms with Crippen molar-refractivity contribution in [3.63, 3.8) is 0 Å². The van der Waals surface area contributed by atoms with Crippen LogP contribution in [0, 0.1) is 23.7 Å². The number of hydrogen-bond acceptors (Lipinski definition) is 4. The van der Waals surface area contributed by atoms with Gasteiger partial charge in [-0.2, -0.15) is 0 Å². The molecule has 5 heteroatoms. The summed E-state index contributed by atoms with van der Waals surface area (Å²) in [4.78, 5) is 30.3. The van der Waals surface area contributed by atoms with Crippen molar-refractivity contribution in [1.29, 1.82) is 0 Å². The third kappa shape index (κ3) is 1.52. The fraction of sp³-hybridized carbons (Fsp3) is 0.400. The number of allylic oxidation sites excluding steroid dienone is 2. The van der Waals surface area contributed by atoms with Gasteiger partial charge in [0, 0.05) is 6.20 Å². The van der Waals surface area contributed by atoms with Gasteiger partial charge in [0.05, 0.1) is 18.5 Å². The van der Waals surface area contributed by atoms with Crippen LogP contribution in [0.1, 0.15) is 6.42 Å². The van der Waals surface area contributed by atoms with Crippen molar-refractivity contribution >= 4 is 17.6 Å². The first-order valence-electron chi connectivity index (χ1n) is 6.94. The number of aromatic nitrogens is 1. The monoisotopic (exact) mass is 269 g/mol. The van der Waals surface area contributed by atoms with E-state index in [0.29, 0.717) is 5.82 Å². The Morgan fingerprint density at radius 2 is 1.85 bits per heavy atom. The zero-order valence-electron chi connectivity index (χ0n) is 10.9. The molecule has 1 saturated carbocycles. The summed E-state index contributed by atoms with van der Waals surface area (Å²) in [5.41, 5.74) is 0. The summed E-state index contributed by atoms with van der Waals surface area (Å²) in [5, 5.41) is 3.04. The standard InChI is InChI=1S/C15H15N3O2/c19-14-12-9-4-5-10(7-9)13(12)15(20)18(14)8-17-11-3-1-2-6-16-11/h1-6,9-10,12-13H,7-8H2,(H,16,17)/t9-,10-,12-,13+/m0/s1. The van der Waals surface area contributed by atoms with Crippen molar-refractivity contribution in [2.24, 2.45) is 23.7 Å². The number of carbonyl (C=O) groups excluding carboxylic acids is 2. The smallest absolute Gasteiger partial charge is 0.235 e. The molecule has 5 nitrogen and oxygen atoms in total. The molecule has 2 heterocycles. The highest BCUT2D eigenvalue weighted by molar-refractivity contribution is 6.06. The van der Waals surface area contributed by atoms with E-state index in [9.17, 15) is 9.59 Å².